The van der Waals surface area contributed by atoms with Crippen molar-refractivity contribution in [3.8, 4) is 5.75 Å². The van der Waals surface area contributed by atoms with Crippen LogP contribution in [0.25, 0.3) is 11.0 Å². The summed E-state index contributed by atoms with van der Waals surface area (Å²) in [6.45, 7) is 4.65. The number of carbonyl (C=O) groups is 2. The van der Waals surface area contributed by atoms with E-state index in [9.17, 15) is 9.59 Å². The topological polar surface area (TPSA) is 89.4 Å². The molecule has 0 fully saturated rings. The summed E-state index contributed by atoms with van der Waals surface area (Å²) in [6, 6.07) is 23.0. The monoisotopic (exact) mass is 485 g/mol. The Morgan fingerprint density at radius 2 is 1.75 bits per heavy atom. The number of anilines is 1. The molecule has 1 atom stereocenters. The van der Waals surface area contributed by atoms with Crippen LogP contribution in [0.4, 0.5) is 5.69 Å². The molecule has 8 heteroatoms. The molecule has 0 unspecified atom stereocenters. The number of hydrogen-bond acceptors (Lipinski definition) is 5. The molecule has 4 rings (SSSR count). The predicted molar refractivity (Wildman–Crippen MR) is 140 cm³/mol. The molecule has 1 heterocycles. The van der Waals surface area contributed by atoms with E-state index in [1.165, 1.54) is 4.90 Å². The second kappa shape index (κ2) is 11.5. The van der Waals surface area contributed by atoms with E-state index in [-0.39, 0.29) is 18.4 Å². The van der Waals surface area contributed by atoms with Crippen LogP contribution in [0.2, 0.25) is 0 Å². The minimum Gasteiger partial charge on any atom is -0.497 e. The van der Waals surface area contributed by atoms with E-state index < -0.39 is 6.04 Å². The second-order valence-corrected chi connectivity index (χ2v) is 8.99. The van der Waals surface area contributed by atoms with Gasteiger partial charge in [0.2, 0.25) is 11.8 Å². The fourth-order valence-corrected chi connectivity index (χ4v) is 4.07. The predicted octanol–water partition coefficient (Wildman–Crippen LogP) is 4.38. The summed E-state index contributed by atoms with van der Waals surface area (Å²) >= 11 is 0. The lowest BCUT2D eigenvalue weighted by Gasteiger charge is -2.32. The van der Waals surface area contributed by atoms with Gasteiger partial charge in [-0.05, 0) is 54.3 Å². The van der Waals surface area contributed by atoms with Gasteiger partial charge >= 0.3 is 0 Å². The van der Waals surface area contributed by atoms with Crippen molar-refractivity contribution in [3.63, 3.8) is 0 Å². The van der Waals surface area contributed by atoms with Crippen LogP contribution in [-0.2, 0) is 16.1 Å². The van der Waals surface area contributed by atoms with E-state index in [4.69, 9.17) is 4.74 Å². The number of fused-ring (bicyclic) bond motifs is 1. The first-order valence-corrected chi connectivity index (χ1v) is 12.0. The van der Waals surface area contributed by atoms with Gasteiger partial charge in [0.1, 0.15) is 23.9 Å². The smallest absolute Gasteiger partial charge is 0.249 e. The van der Waals surface area contributed by atoms with E-state index in [1.54, 1.807) is 17.9 Å². The Balaban J connectivity index is 1.75. The molecular formula is C28H31N5O3. The lowest BCUT2D eigenvalue weighted by atomic mass is 10.0. The summed E-state index contributed by atoms with van der Waals surface area (Å²) in [6.07, 6.45) is 0.834. The summed E-state index contributed by atoms with van der Waals surface area (Å²) in [5.74, 6) is 0.497. The van der Waals surface area contributed by atoms with Gasteiger partial charge in [0.15, 0.2) is 0 Å². The Labute approximate surface area is 210 Å². The molecule has 0 aliphatic rings. The van der Waals surface area contributed by atoms with Crippen LogP contribution < -0.4 is 15.0 Å². The van der Waals surface area contributed by atoms with Gasteiger partial charge in [-0.3, -0.25) is 14.5 Å². The van der Waals surface area contributed by atoms with Crippen LogP contribution in [0.5, 0.6) is 5.75 Å². The second-order valence-electron chi connectivity index (χ2n) is 8.99. The maximum Gasteiger partial charge on any atom is 0.249 e. The minimum absolute atomic E-state index is 0.0743. The van der Waals surface area contributed by atoms with Crippen LogP contribution >= 0.6 is 0 Å². The van der Waals surface area contributed by atoms with Crippen molar-refractivity contribution >= 4 is 28.5 Å². The summed E-state index contributed by atoms with van der Waals surface area (Å²) < 4.78 is 6.98. The first-order valence-electron chi connectivity index (χ1n) is 12.0. The van der Waals surface area contributed by atoms with E-state index in [2.05, 4.69) is 29.5 Å². The molecule has 0 aliphatic heterocycles. The van der Waals surface area contributed by atoms with E-state index in [0.29, 0.717) is 35.0 Å². The van der Waals surface area contributed by atoms with Crippen molar-refractivity contribution in [1.29, 1.82) is 0 Å². The van der Waals surface area contributed by atoms with Crippen molar-refractivity contribution in [2.75, 3.05) is 18.6 Å². The van der Waals surface area contributed by atoms with Crippen molar-refractivity contribution in [1.82, 2.24) is 20.3 Å². The summed E-state index contributed by atoms with van der Waals surface area (Å²) in [7, 11) is 1.58. The molecule has 1 aromatic heterocycles. The first-order chi connectivity index (χ1) is 17.5. The number of nitrogens with zero attached hydrogens (tertiary/aromatic N) is 4. The average Bonchev–Trinajstić information content (AvgIpc) is 3.30. The number of ether oxygens (including phenoxy) is 1. The Bertz CT molecular complexity index is 1320. The molecule has 4 aromatic rings. The molecule has 0 radical (unpaired) electrons. The zero-order valence-electron chi connectivity index (χ0n) is 20.8. The third-order valence-corrected chi connectivity index (χ3v) is 5.95. The lowest BCUT2D eigenvalue weighted by Crippen LogP contribution is -2.45. The molecule has 0 saturated heterocycles. The average molecular weight is 486 g/mol. The van der Waals surface area contributed by atoms with Gasteiger partial charge in [-0.1, -0.05) is 61.5 Å². The van der Waals surface area contributed by atoms with Crippen molar-refractivity contribution in [3.05, 3.63) is 84.4 Å². The van der Waals surface area contributed by atoms with Crippen molar-refractivity contribution < 1.29 is 14.3 Å². The molecule has 186 valence electrons. The highest BCUT2D eigenvalue weighted by molar-refractivity contribution is 6.01. The largest absolute Gasteiger partial charge is 0.497 e. The normalized spacial score (nSPS) is 11.9. The van der Waals surface area contributed by atoms with Gasteiger partial charge in [-0.25, -0.2) is 4.68 Å². The number of para-hydroxylation sites is 2. The van der Waals surface area contributed by atoms with E-state index >= 15 is 0 Å². The highest BCUT2D eigenvalue weighted by Gasteiger charge is 2.33. The van der Waals surface area contributed by atoms with Crippen LogP contribution in [0, 0.1) is 5.92 Å². The number of hydrogen-bond donors (Lipinski definition) is 1. The van der Waals surface area contributed by atoms with Gasteiger partial charge in [0.05, 0.1) is 12.6 Å². The number of nitrogens with one attached hydrogen (secondary N) is 1. The number of methoxy groups -OCH3 is 1. The molecule has 8 nitrogen and oxygen atoms in total. The minimum atomic E-state index is -0.906. The van der Waals surface area contributed by atoms with Gasteiger partial charge in [-0.2, -0.15) is 0 Å². The summed E-state index contributed by atoms with van der Waals surface area (Å²) in [5, 5.41) is 11.4. The zero-order valence-corrected chi connectivity index (χ0v) is 20.8. The van der Waals surface area contributed by atoms with E-state index in [0.717, 1.165) is 11.9 Å². The first kappa shape index (κ1) is 24.9. The maximum absolute atomic E-state index is 13.9. The van der Waals surface area contributed by atoms with Crippen molar-refractivity contribution in [2.24, 2.45) is 5.92 Å². The number of amides is 2. The molecule has 3 aromatic carbocycles. The summed E-state index contributed by atoms with van der Waals surface area (Å²) in [4.78, 5) is 29.2. The number of carbonyl (C=O) groups excluding carboxylic acids is 2. The summed E-state index contributed by atoms with van der Waals surface area (Å²) in [5.41, 5.74) is 2.71. The number of rotatable bonds is 10. The Morgan fingerprint density at radius 1 is 1.00 bits per heavy atom. The van der Waals surface area contributed by atoms with Crippen LogP contribution in [-0.4, -0.2) is 40.5 Å². The maximum atomic E-state index is 13.9. The SMILES string of the molecule is COc1cccc([C@H](C(=O)NCCC(C)C)N(C(=O)Cn2nnc3ccccc32)c2ccccc2)c1. The van der Waals surface area contributed by atoms with Crippen LogP contribution in [0.3, 0.4) is 0 Å². The molecular weight excluding hydrogens is 454 g/mol. The molecule has 2 amide bonds. The third-order valence-electron chi connectivity index (χ3n) is 5.95. The molecule has 1 N–H and O–H groups in total. The molecule has 36 heavy (non-hydrogen) atoms. The molecule has 0 aliphatic carbocycles. The quantitative estimate of drug-likeness (QED) is 0.360. The Hall–Kier alpha value is -4.20. The van der Waals surface area contributed by atoms with Gasteiger partial charge in [-0.15, -0.1) is 5.10 Å². The van der Waals surface area contributed by atoms with Crippen molar-refractivity contribution in [2.45, 2.75) is 32.9 Å². The lowest BCUT2D eigenvalue weighted by molar-refractivity contribution is -0.127. The Kier molecular flexibility index (Phi) is 7.95. The molecule has 0 saturated carbocycles. The number of aromatic nitrogens is 3. The molecule has 0 spiro atoms. The number of benzene rings is 3. The van der Waals surface area contributed by atoms with Gasteiger partial charge in [0.25, 0.3) is 0 Å². The van der Waals surface area contributed by atoms with E-state index in [1.807, 2.05) is 72.8 Å². The van der Waals surface area contributed by atoms with Crippen LogP contribution in [0.1, 0.15) is 31.9 Å². The third kappa shape index (κ3) is 5.71. The molecule has 0 bridgehead atoms. The van der Waals surface area contributed by atoms with Gasteiger partial charge < -0.3 is 10.1 Å². The highest BCUT2D eigenvalue weighted by Crippen LogP contribution is 2.30. The van der Waals surface area contributed by atoms with Crippen LogP contribution in [0.15, 0.2) is 78.9 Å². The highest BCUT2D eigenvalue weighted by atomic mass is 16.5. The fourth-order valence-electron chi connectivity index (χ4n) is 4.07. The Morgan fingerprint density at radius 3 is 2.50 bits per heavy atom. The fraction of sp³-hybridized carbons (Fsp3) is 0.286. The zero-order chi connectivity index (χ0) is 25.5. The standard InChI is InChI=1S/C28H31N5O3/c1-20(2)16-17-29-28(35)27(21-10-9-13-23(18-21)36-3)33(22-11-5-4-6-12-22)26(34)19-32-25-15-8-7-14-24(25)30-31-32/h4-15,18,20,27H,16-17,19H2,1-3H3,(H,29,35)/t27-/m1/s1. The van der Waals surface area contributed by atoms with Gasteiger partial charge in [0, 0.05) is 12.2 Å².